The van der Waals surface area contributed by atoms with E-state index in [-0.39, 0.29) is 33.9 Å². The molecular weight excluding hydrogens is 574 g/mol. The van der Waals surface area contributed by atoms with Crippen LogP contribution in [0.15, 0.2) is 182 Å². The van der Waals surface area contributed by atoms with E-state index in [9.17, 15) is 0 Å². The Balaban J connectivity index is 0.000000208. The fourth-order valence-corrected chi connectivity index (χ4v) is 6.73. The molecule has 0 aromatic heterocycles. The van der Waals surface area contributed by atoms with Gasteiger partial charge in [-0.25, -0.2) is 0 Å². The van der Waals surface area contributed by atoms with Gasteiger partial charge < -0.3 is 0 Å². The third-order valence-corrected chi connectivity index (χ3v) is 8.70. The van der Waals surface area contributed by atoms with Crippen LogP contribution < -0.4 is 0 Å². The molecule has 0 unspecified atom stereocenters. The number of benzene rings is 6. The summed E-state index contributed by atoms with van der Waals surface area (Å²) < 4.78 is 0. The average molecular weight is 623 g/mol. The molecule has 0 heterocycles. The Morgan fingerprint density at radius 1 is 0.298 bits per heavy atom. The molecule has 0 aliphatic carbocycles. The molecule has 3 heteroatoms. The second kappa shape index (κ2) is 18.5. The molecule has 0 saturated heterocycles. The van der Waals surface area contributed by atoms with E-state index in [0.717, 1.165) is 0 Å². The van der Waals surface area contributed by atoms with Crippen LogP contribution in [0.4, 0.5) is 0 Å². The van der Waals surface area contributed by atoms with Gasteiger partial charge in [0.15, 0.2) is 0 Å². The third kappa shape index (κ3) is 8.39. The van der Waals surface area contributed by atoms with Gasteiger partial charge in [-0.3, -0.25) is 0 Å². The van der Waals surface area contributed by atoms with Crippen molar-refractivity contribution in [3.63, 3.8) is 0 Å². The predicted molar refractivity (Wildman–Crippen MR) is 212 cm³/mol. The molecule has 0 aliphatic rings. The molecule has 0 nitrogen and oxygen atoms in total. The molecule has 0 saturated carbocycles. The Hall–Kier alpha value is -3.78. The smallest absolute Gasteiger partial charge is 0.187 e. The van der Waals surface area contributed by atoms with Crippen molar-refractivity contribution in [1.29, 1.82) is 0 Å². The van der Waals surface area contributed by atoms with Gasteiger partial charge in [0.1, 0.15) is 0 Å². The van der Waals surface area contributed by atoms with Gasteiger partial charge in [0.05, 0.1) is 0 Å². The SMILES string of the molecule is [BH3-]CCCC(c1ccccc1)(c1ccccc1)c1ccccc1.[BH3-]CCCC(c1ccccc1)(c1ccccc1)c1ccccc1.[Mg+2]. The molecule has 0 atom stereocenters. The fourth-order valence-electron chi connectivity index (χ4n) is 6.73. The monoisotopic (exact) mass is 622 g/mol. The summed E-state index contributed by atoms with van der Waals surface area (Å²) in [4.78, 5) is 0. The Morgan fingerprint density at radius 2 is 0.468 bits per heavy atom. The molecule has 0 amide bonds. The average Bonchev–Trinajstić information content (AvgIpc) is 3.15. The summed E-state index contributed by atoms with van der Waals surface area (Å²) in [7, 11) is 0.939. The van der Waals surface area contributed by atoms with Crippen molar-refractivity contribution in [1.82, 2.24) is 0 Å². The van der Waals surface area contributed by atoms with Crippen molar-refractivity contribution in [2.45, 2.75) is 49.2 Å². The molecule has 232 valence electrons. The van der Waals surface area contributed by atoms with Crippen LogP contribution in [0.2, 0.25) is 12.6 Å². The van der Waals surface area contributed by atoms with Gasteiger partial charge in [0, 0.05) is 10.8 Å². The first-order valence-corrected chi connectivity index (χ1v) is 15.7. The van der Waals surface area contributed by atoms with Crippen LogP contribution in [0.5, 0.6) is 0 Å². The maximum atomic E-state index is 2.29. The van der Waals surface area contributed by atoms with E-state index in [1.807, 2.05) is 0 Å². The summed E-state index contributed by atoms with van der Waals surface area (Å²) >= 11 is 0. The van der Waals surface area contributed by atoms with Crippen LogP contribution in [0, 0.1) is 0 Å². The molecule has 0 aliphatic heterocycles. The van der Waals surface area contributed by atoms with Gasteiger partial charge in [0.2, 0.25) is 0 Å². The summed E-state index contributed by atoms with van der Waals surface area (Å²) in [6, 6.07) is 66.3. The zero-order valence-corrected chi connectivity index (χ0v) is 27.7. The predicted octanol–water partition coefficient (Wildman–Crippen LogP) is 8.79. The first-order chi connectivity index (χ1) is 22.8. The van der Waals surface area contributed by atoms with Crippen molar-refractivity contribution in [3.8, 4) is 0 Å². The summed E-state index contributed by atoms with van der Waals surface area (Å²) in [6.07, 6.45) is 7.92. The maximum Gasteiger partial charge on any atom is 2.00 e. The Kier molecular flexibility index (Phi) is 14.2. The van der Waals surface area contributed by atoms with E-state index in [2.05, 4.69) is 182 Å². The molecule has 6 rings (SSSR count). The molecule has 0 spiro atoms. The quantitative estimate of drug-likeness (QED) is 0.0946. The summed E-state index contributed by atoms with van der Waals surface area (Å²) in [5, 5.41) is 0. The molecule has 47 heavy (non-hydrogen) atoms. The van der Waals surface area contributed by atoms with E-state index in [1.54, 1.807) is 0 Å². The summed E-state index contributed by atoms with van der Waals surface area (Å²) in [5.41, 5.74) is 8.39. The van der Waals surface area contributed by atoms with Crippen molar-refractivity contribution in [2.75, 3.05) is 0 Å². The topological polar surface area (TPSA) is 0 Å². The van der Waals surface area contributed by atoms with Crippen molar-refractivity contribution < 1.29 is 0 Å². The van der Waals surface area contributed by atoms with Crippen molar-refractivity contribution >= 4 is 38.7 Å². The van der Waals surface area contributed by atoms with Crippen molar-refractivity contribution in [2.24, 2.45) is 0 Å². The van der Waals surface area contributed by atoms with Gasteiger partial charge in [0.25, 0.3) is 0 Å². The first kappa shape index (κ1) is 36.1. The standard InChI is InChI=1S/2C22H24B.Mg/c2*23-18-10-17-22(19-11-4-1-5-12-19,20-13-6-2-7-14-20)21-15-8-3-9-16-21;/h2*1-9,11-16H,10,17-18H2,23H3;/q2*-1;+2. The van der Waals surface area contributed by atoms with Crippen LogP contribution in [0.25, 0.3) is 0 Å². The fraction of sp³-hybridized carbons (Fsp3) is 0.182. The zero-order chi connectivity index (χ0) is 31.9. The first-order valence-electron chi connectivity index (χ1n) is 15.7. The van der Waals surface area contributed by atoms with Gasteiger partial charge in [-0.15, -0.1) is 0 Å². The molecule has 0 fully saturated rings. The Labute approximate surface area is 301 Å². The Morgan fingerprint density at radius 3 is 0.617 bits per heavy atom. The van der Waals surface area contributed by atoms with E-state index in [1.165, 1.54) is 71.7 Å². The van der Waals surface area contributed by atoms with E-state index >= 15 is 0 Å². The molecule has 0 bridgehead atoms. The van der Waals surface area contributed by atoms with Crippen LogP contribution in [-0.2, 0) is 10.8 Å². The molecular formula is C44H48B2Mg. The van der Waals surface area contributed by atoms with E-state index < -0.39 is 0 Å². The van der Waals surface area contributed by atoms with Crippen LogP contribution in [0.1, 0.15) is 59.1 Å². The second-order valence-electron chi connectivity index (χ2n) is 11.2. The van der Waals surface area contributed by atoms with Gasteiger partial charge >= 0.3 is 23.1 Å². The minimum Gasteiger partial charge on any atom is -0.187 e. The van der Waals surface area contributed by atoms with Crippen LogP contribution >= 0.6 is 0 Å². The van der Waals surface area contributed by atoms with Crippen LogP contribution in [-0.4, -0.2) is 38.7 Å². The number of hydrogen-bond donors (Lipinski definition) is 0. The largest absolute Gasteiger partial charge is 2.00 e. The van der Waals surface area contributed by atoms with Crippen LogP contribution in [0.3, 0.4) is 0 Å². The van der Waals surface area contributed by atoms with Gasteiger partial charge in [-0.1, -0.05) is 195 Å². The van der Waals surface area contributed by atoms with E-state index in [4.69, 9.17) is 0 Å². The molecule has 6 aromatic rings. The summed E-state index contributed by atoms with van der Waals surface area (Å²) in [6.45, 7) is 0. The van der Waals surface area contributed by atoms with Gasteiger partial charge in [-0.2, -0.15) is 12.6 Å². The molecule has 0 N–H and O–H groups in total. The normalized spacial score (nSPS) is 11.1. The molecule has 0 radical (unpaired) electrons. The Bertz CT molecular complexity index is 1350. The van der Waals surface area contributed by atoms with E-state index in [0.29, 0.717) is 15.7 Å². The third-order valence-electron chi connectivity index (χ3n) is 8.70. The van der Waals surface area contributed by atoms with Crippen molar-refractivity contribution in [3.05, 3.63) is 215 Å². The minimum atomic E-state index is -0.0297. The molecule has 6 aromatic carbocycles. The number of hydrogen-bond acceptors (Lipinski definition) is 0. The minimum absolute atomic E-state index is 0. The second-order valence-corrected chi connectivity index (χ2v) is 11.2. The maximum absolute atomic E-state index is 2.29. The summed E-state index contributed by atoms with van der Waals surface area (Å²) in [5.74, 6) is 0. The number of rotatable bonds is 12. The van der Waals surface area contributed by atoms with Gasteiger partial charge in [-0.05, 0) is 61.9 Å². The zero-order valence-electron chi connectivity index (χ0n) is 26.3.